The van der Waals surface area contributed by atoms with Crippen LogP contribution >= 0.6 is 23.2 Å². The van der Waals surface area contributed by atoms with E-state index in [0.717, 1.165) is 5.75 Å². The molecule has 2 N–H and O–H groups in total. The van der Waals surface area contributed by atoms with Crippen LogP contribution in [0, 0.1) is 0 Å². The quantitative estimate of drug-likeness (QED) is 0.605. The molecule has 0 bridgehead atoms. The number of carbonyl (C=O) groups is 1. The highest BCUT2D eigenvalue weighted by Crippen LogP contribution is 2.29. The third-order valence-electron chi connectivity index (χ3n) is 4.01. The Bertz CT molecular complexity index is 751. The van der Waals surface area contributed by atoms with Gasteiger partial charge in [-0.05, 0) is 42.9 Å². The van der Waals surface area contributed by atoms with E-state index in [1.807, 2.05) is 11.8 Å². The van der Waals surface area contributed by atoms with Crippen LogP contribution in [0.15, 0.2) is 42.5 Å². The first kappa shape index (κ1) is 22.3. The van der Waals surface area contributed by atoms with Gasteiger partial charge in [0.15, 0.2) is 0 Å². The van der Waals surface area contributed by atoms with E-state index in [0.29, 0.717) is 28.0 Å². The first-order valence-electron chi connectivity index (χ1n) is 8.84. The first-order valence-corrected chi connectivity index (χ1v) is 9.59. The van der Waals surface area contributed by atoms with Crippen molar-refractivity contribution in [1.82, 2.24) is 4.90 Å². The van der Waals surface area contributed by atoms with E-state index in [1.165, 1.54) is 0 Å². The molecule has 28 heavy (non-hydrogen) atoms. The maximum atomic E-state index is 12.3. The molecule has 2 aromatic rings. The molecule has 0 aliphatic heterocycles. The fraction of sp³-hybridized carbons (Fsp3) is 0.350. The Morgan fingerprint density at radius 3 is 2.32 bits per heavy atom. The van der Waals surface area contributed by atoms with Crippen LogP contribution in [0.5, 0.6) is 11.5 Å². The SMILES string of the molecule is CCN(CC(=O)Nc1c(Cl)cccc1Cl)CC(O)COc1ccc(OC)cc1. The number of anilines is 1. The van der Waals surface area contributed by atoms with Gasteiger partial charge in [-0.2, -0.15) is 0 Å². The third-order valence-corrected chi connectivity index (χ3v) is 4.64. The smallest absolute Gasteiger partial charge is 0.238 e. The van der Waals surface area contributed by atoms with Gasteiger partial charge in [0.2, 0.25) is 5.91 Å². The van der Waals surface area contributed by atoms with E-state index >= 15 is 0 Å². The standard InChI is InChI=1S/C20H24Cl2N2O4/c1-3-24(12-19(26)23-20-17(21)5-4-6-18(20)22)11-14(25)13-28-16-9-7-15(27-2)8-10-16/h4-10,14,25H,3,11-13H2,1-2H3,(H,23,26). The molecular formula is C20H24Cl2N2O4. The van der Waals surface area contributed by atoms with Crippen LogP contribution in [-0.2, 0) is 4.79 Å². The summed E-state index contributed by atoms with van der Waals surface area (Å²) in [5, 5.41) is 13.7. The molecule has 0 aliphatic carbocycles. The molecule has 0 fully saturated rings. The molecule has 1 unspecified atom stereocenters. The van der Waals surface area contributed by atoms with E-state index in [9.17, 15) is 9.90 Å². The number of rotatable bonds is 10. The van der Waals surface area contributed by atoms with Crippen molar-refractivity contribution in [2.45, 2.75) is 13.0 Å². The van der Waals surface area contributed by atoms with Gasteiger partial charge in [0.25, 0.3) is 0 Å². The molecule has 1 atom stereocenters. The Balaban J connectivity index is 1.82. The van der Waals surface area contributed by atoms with E-state index < -0.39 is 6.10 Å². The number of hydrogen-bond acceptors (Lipinski definition) is 5. The average Bonchev–Trinajstić information content (AvgIpc) is 2.69. The molecule has 0 spiro atoms. The number of benzene rings is 2. The molecule has 0 heterocycles. The van der Waals surface area contributed by atoms with Crippen molar-refractivity contribution in [3.63, 3.8) is 0 Å². The summed E-state index contributed by atoms with van der Waals surface area (Å²) in [5.74, 6) is 1.10. The van der Waals surface area contributed by atoms with Crippen molar-refractivity contribution in [2.24, 2.45) is 0 Å². The Kier molecular flexibility index (Phi) is 8.86. The van der Waals surface area contributed by atoms with Gasteiger partial charge >= 0.3 is 0 Å². The Morgan fingerprint density at radius 1 is 1.14 bits per heavy atom. The van der Waals surface area contributed by atoms with Crippen molar-refractivity contribution in [3.05, 3.63) is 52.5 Å². The lowest BCUT2D eigenvalue weighted by Crippen LogP contribution is -2.40. The molecule has 2 rings (SSSR count). The first-order chi connectivity index (χ1) is 13.4. The van der Waals surface area contributed by atoms with Crippen LogP contribution < -0.4 is 14.8 Å². The summed E-state index contributed by atoms with van der Waals surface area (Å²) in [4.78, 5) is 14.1. The van der Waals surface area contributed by atoms with Crippen LogP contribution in [-0.4, -0.2) is 55.4 Å². The summed E-state index contributed by atoms with van der Waals surface area (Å²) in [6, 6.07) is 12.1. The second kappa shape index (κ2) is 11.1. The number of likely N-dealkylation sites (N-methyl/N-ethyl adjacent to an activating group) is 1. The second-order valence-electron chi connectivity index (χ2n) is 6.11. The van der Waals surface area contributed by atoms with Crippen molar-refractivity contribution < 1.29 is 19.4 Å². The van der Waals surface area contributed by atoms with Gasteiger partial charge in [0.1, 0.15) is 24.2 Å². The monoisotopic (exact) mass is 426 g/mol. The summed E-state index contributed by atoms with van der Waals surface area (Å²) in [6.07, 6.45) is -0.751. The van der Waals surface area contributed by atoms with Gasteiger partial charge in [0.05, 0.1) is 29.4 Å². The van der Waals surface area contributed by atoms with Gasteiger partial charge in [-0.1, -0.05) is 36.2 Å². The fourth-order valence-electron chi connectivity index (χ4n) is 2.52. The minimum atomic E-state index is -0.751. The fourth-order valence-corrected chi connectivity index (χ4v) is 3.01. The third kappa shape index (κ3) is 6.87. The molecular weight excluding hydrogens is 403 g/mol. The molecule has 6 nitrogen and oxygen atoms in total. The molecule has 1 amide bonds. The molecule has 8 heteroatoms. The zero-order valence-electron chi connectivity index (χ0n) is 15.8. The van der Waals surface area contributed by atoms with Crippen molar-refractivity contribution in [2.75, 3.05) is 38.7 Å². The zero-order chi connectivity index (χ0) is 20.5. The van der Waals surface area contributed by atoms with E-state index in [-0.39, 0.29) is 25.6 Å². The minimum absolute atomic E-state index is 0.0949. The van der Waals surface area contributed by atoms with Gasteiger partial charge in [-0.15, -0.1) is 0 Å². The summed E-state index contributed by atoms with van der Waals surface area (Å²) in [6.45, 7) is 2.99. The predicted octanol–water partition coefficient (Wildman–Crippen LogP) is 3.70. The number of methoxy groups -OCH3 is 1. The van der Waals surface area contributed by atoms with Crippen LogP contribution in [0.4, 0.5) is 5.69 Å². The highest BCUT2D eigenvalue weighted by molar-refractivity contribution is 6.39. The minimum Gasteiger partial charge on any atom is -0.497 e. The topological polar surface area (TPSA) is 71.0 Å². The number of aliphatic hydroxyl groups is 1. The van der Waals surface area contributed by atoms with Gasteiger partial charge < -0.3 is 19.9 Å². The maximum Gasteiger partial charge on any atom is 0.238 e. The van der Waals surface area contributed by atoms with Gasteiger partial charge in [-0.3, -0.25) is 9.69 Å². The number of nitrogens with zero attached hydrogens (tertiary/aromatic N) is 1. The predicted molar refractivity (Wildman–Crippen MR) is 112 cm³/mol. The van der Waals surface area contributed by atoms with E-state index in [1.54, 1.807) is 49.6 Å². The van der Waals surface area contributed by atoms with Crippen LogP contribution in [0.2, 0.25) is 10.0 Å². The Hall–Kier alpha value is -1.99. The molecule has 0 aromatic heterocycles. The van der Waals surface area contributed by atoms with Crippen molar-refractivity contribution >= 4 is 34.8 Å². The molecule has 0 saturated carbocycles. The molecule has 0 saturated heterocycles. The van der Waals surface area contributed by atoms with Crippen molar-refractivity contribution in [3.8, 4) is 11.5 Å². The van der Waals surface area contributed by atoms with Crippen LogP contribution in [0.1, 0.15) is 6.92 Å². The normalized spacial score (nSPS) is 11.9. The largest absolute Gasteiger partial charge is 0.497 e. The lowest BCUT2D eigenvalue weighted by atomic mass is 10.3. The summed E-state index contributed by atoms with van der Waals surface area (Å²) in [7, 11) is 1.59. The molecule has 0 aliphatic rings. The molecule has 152 valence electrons. The molecule has 0 radical (unpaired) electrons. The number of nitrogens with one attached hydrogen (secondary N) is 1. The van der Waals surface area contributed by atoms with Gasteiger partial charge in [-0.25, -0.2) is 0 Å². The summed E-state index contributed by atoms with van der Waals surface area (Å²) < 4.78 is 10.7. The number of hydrogen-bond donors (Lipinski definition) is 2. The van der Waals surface area contributed by atoms with Crippen LogP contribution in [0.3, 0.4) is 0 Å². The van der Waals surface area contributed by atoms with Crippen LogP contribution in [0.25, 0.3) is 0 Å². The number of para-hydroxylation sites is 1. The van der Waals surface area contributed by atoms with Crippen molar-refractivity contribution in [1.29, 1.82) is 0 Å². The second-order valence-corrected chi connectivity index (χ2v) is 6.93. The number of carbonyl (C=O) groups excluding carboxylic acids is 1. The lowest BCUT2D eigenvalue weighted by Gasteiger charge is -2.23. The van der Waals surface area contributed by atoms with Gasteiger partial charge in [0, 0.05) is 6.54 Å². The highest BCUT2D eigenvalue weighted by atomic mass is 35.5. The zero-order valence-corrected chi connectivity index (χ0v) is 17.3. The number of amides is 1. The van der Waals surface area contributed by atoms with E-state index in [4.69, 9.17) is 32.7 Å². The van der Waals surface area contributed by atoms with E-state index in [2.05, 4.69) is 5.32 Å². The Labute approximate surface area is 175 Å². The lowest BCUT2D eigenvalue weighted by molar-refractivity contribution is -0.117. The number of ether oxygens (including phenoxy) is 2. The Morgan fingerprint density at radius 2 is 1.75 bits per heavy atom. The summed E-state index contributed by atoms with van der Waals surface area (Å²) in [5.41, 5.74) is 0.385. The maximum absolute atomic E-state index is 12.3. The number of aliphatic hydroxyl groups excluding tert-OH is 1. The highest BCUT2D eigenvalue weighted by Gasteiger charge is 2.16. The summed E-state index contributed by atoms with van der Waals surface area (Å²) >= 11 is 12.1. The average molecular weight is 427 g/mol. The number of halogens is 2. The molecule has 2 aromatic carbocycles.